The van der Waals surface area contributed by atoms with E-state index >= 15 is 0 Å². The molecule has 0 bridgehead atoms. The van der Waals surface area contributed by atoms with Crippen LogP contribution in [0.2, 0.25) is 0 Å². The first-order valence-corrected chi connectivity index (χ1v) is 8.80. The fourth-order valence-corrected chi connectivity index (χ4v) is 4.15. The molecule has 0 heterocycles. The van der Waals surface area contributed by atoms with E-state index < -0.39 is 0 Å². The molecule has 4 rings (SSSR count). The molecule has 2 aliphatic rings. The second kappa shape index (κ2) is 5.85. The third kappa shape index (κ3) is 2.67. The molecule has 0 heteroatoms. The first kappa shape index (κ1) is 14.5. The topological polar surface area (TPSA) is 0 Å². The normalized spacial score (nSPS) is 18.7. The zero-order chi connectivity index (χ0) is 15.8. The molecule has 0 spiro atoms. The van der Waals surface area contributed by atoms with Crippen molar-refractivity contribution in [2.45, 2.75) is 39.0 Å². The van der Waals surface area contributed by atoms with Crippen LogP contribution in [0.25, 0.3) is 12.2 Å². The monoisotopic (exact) mass is 300 g/mol. The van der Waals surface area contributed by atoms with Crippen LogP contribution in [0.3, 0.4) is 0 Å². The van der Waals surface area contributed by atoms with E-state index in [-0.39, 0.29) is 0 Å². The predicted octanol–water partition coefficient (Wildman–Crippen LogP) is 6.24. The van der Waals surface area contributed by atoms with Crippen molar-refractivity contribution in [3.05, 3.63) is 81.9 Å². The van der Waals surface area contributed by atoms with Crippen molar-refractivity contribution in [3.8, 4) is 0 Å². The Bertz CT molecular complexity index is 789. The van der Waals surface area contributed by atoms with Gasteiger partial charge < -0.3 is 0 Å². The number of benzene rings is 2. The highest BCUT2D eigenvalue weighted by Gasteiger charge is 2.26. The second-order valence-corrected chi connectivity index (χ2v) is 7.20. The molecule has 0 N–H and O–H groups in total. The molecule has 2 aliphatic carbocycles. The summed E-state index contributed by atoms with van der Waals surface area (Å²) >= 11 is 0. The largest absolute Gasteiger partial charge is 0.0652 e. The summed E-state index contributed by atoms with van der Waals surface area (Å²) in [5.41, 5.74) is 9.10. The Balaban J connectivity index is 1.52. The standard InChI is InChI=1S/C23H24/c1-16(2)23-15-20-9-5-6-10-21(20)22(23)12-11-17-13-18-7-3-4-8-19(18)14-17/h3-10,13,15-16,22H,11-12,14H2,1-2H3. The third-order valence-corrected chi connectivity index (χ3v) is 5.35. The molecule has 0 saturated carbocycles. The summed E-state index contributed by atoms with van der Waals surface area (Å²) in [6.07, 6.45) is 8.43. The second-order valence-electron chi connectivity index (χ2n) is 7.20. The predicted molar refractivity (Wildman–Crippen MR) is 99.4 cm³/mol. The van der Waals surface area contributed by atoms with E-state index in [1.807, 2.05) is 0 Å². The zero-order valence-corrected chi connectivity index (χ0v) is 14.0. The van der Waals surface area contributed by atoms with Crippen LogP contribution < -0.4 is 0 Å². The molecular formula is C23H24. The van der Waals surface area contributed by atoms with Gasteiger partial charge in [-0.1, -0.05) is 85.7 Å². The Morgan fingerprint density at radius 3 is 2.43 bits per heavy atom. The van der Waals surface area contributed by atoms with E-state index in [9.17, 15) is 0 Å². The fraction of sp³-hybridized carbons (Fsp3) is 0.304. The van der Waals surface area contributed by atoms with Gasteiger partial charge in [-0.2, -0.15) is 0 Å². The molecule has 2 aromatic carbocycles. The Morgan fingerprint density at radius 1 is 0.913 bits per heavy atom. The molecular weight excluding hydrogens is 276 g/mol. The Morgan fingerprint density at radius 2 is 1.65 bits per heavy atom. The highest BCUT2D eigenvalue weighted by molar-refractivity contribution is 5.67. The molecule has 0 aliphatic heterocycles. The lowest BCUT2D eigenvalue weighted by Crippen LogP contribution is -2.05. The first-order chi connectivity index (χ1) is 11.2. The van der Waals surface area contributed by atoms with Crippen LogP contribution in [0.5, 0.6) is 0 Å². The first-order valence-electron chi connectivity index (χ1n) is 8.80. The maximum Gasteiger partial charge on any atom is 0.00630 e. The van der Waals surface area contributed by atoms with Crippen LogP contribution in [0.15, 0.2) is 59.7 Å². The van der Waals surface area contributed by atoms with Crippen molar-refractivity contribution in [2.24, 2.45) is 5.92 Å². The van der Waals surface area contributed by atoms with Crippen LogP contribution in [0.4, 0.5) is 0 Å². The molecule has 0 aromatic heterocycles. The zero-order valence-electron chi connectivity index (χ0n) is 14.0. The summed E-state index contributed by atoms with van der Waals surface area (Å²) in [6.45, 7) is 4.66. The SMILES string of the molecule is CC(C)C1=Cc2ccccc2C1CCC1=Cc2ccccc2C1. The van der Waals surface area contributed by atoms with Crippen molar-refractivity contribution in [1.82, 2.24) is 0 Å². The Labute approximate surface area is 139 Å². The molecule has 0 fully saturated rings. The Kier molecular flexibility index (Phi) is 3.69. The van der Waals surface area contributed by atoms with Crippen molar-refractivity contribution in [3.63, 3.8) is 0 Å². The highest BCUT2D eigenvalue weighted by atomic mass is 14.3. The summed E-state index contributed by atoms with van der Waals surface area (Å²) in [6, 6.07) is 17.7. The lowest BCUT2D eigenvalue weighted by atomic mass is 9.85. The minimum atomic E-state index is 0.607. The number of hydrogen-bond donors (Lipinski definition) is 0. The van der Waals surface area contributed by atoms with E-state index in [2.05, 4.69) is 74.5 Å². The van der Waals surface area contributed by atoms with E-state index in [0.717, 1.165) is 6.42 Å². The number of rotatable bonds is 4. The lowest BCUT2D eigenvalue weighted by molar-refractivity contribution is 0.623. The fourth-order valence-electron chi connectivity index (χ4n) is 4.15. The average Bonchev–Trinajstić information content (AvgIpc) is 3.13. The molecule has 0 nitrogen and oxygen atoms in total. The van der Waals surface area contributed by atoms with Crippen LogP contribution in [-0.4, -0.2) is 0 Å². The molecule has 116 valence electrons. The van der Waals surface area contributed by atoms with E-state index in [1.54, 1.807) is 11.1 Å². The molecule has 1 unspecified atom stereocenters. The minimum absolute atomic E-state index is 0.607. The number of hydrogen-bond acceptors (Lipinski definition) is 0. The number of allylic oxidation sites excluding steroid dienone is 2. The van der Waals surface area contributed by atoms with Gasteiger partial charge >= 0.3 is 0 Å². The van der Waals surface area contributed by atoms with Gasteiger partial charge in [-0.15, -0.1) is 0 Å². The minimum Gasteiger partial charge on any atom is -0.0652 e. The van der Waals surface area contributed by atoms with Gasteiger partial charge in [-0.05, 0) is 47.4 Å². The van der Waals surface area contributed by atoms with Crippen molar-refractivity contribution >= 4 is 12.2 Å². The van der Waals surface area contributed by atoms with Crippen molar-refractivity contribution in [1.29, 1.82) is 0 Å². The van der Waals surface area contributed by atoms with Gasteiger partial charge in [0.2, 0.25) is 0 Å². The van der Waals surface area contributed by atoms with Crippen LogP contribution in [-0.2, 0) is 6.42 Å². The van der Waals surface area contributed by atoms with Gasteiger partial charge in [0, 0.05) is 5.92 Å². The third-order valence-electron chi connectivity index (χ3n) is 5.35. The summed E-state index contributed by atoms with van der Waals surface area (Å²) < 4.78 is 0. The lowest BCUT2D eigenvalue weighted by Gasteiger charge is -2.20. The summed E-state index contributed by atoms with van der Waals surface area (Å²) in [5, 5.41) is 0. The number of fused-ring (bicyclic) bond motifs is 2. The Hall–Kier alpha value is -2.08. The van der Waals surface area contributed by atoms with Gasteiger partial charge in [0.05, 0.1) is 0 Å². The quantitative estimate of drug-likeness (QED) is 0.626. The molecule has 0 amide bonds. The molecule has 0 saturated heterocycles. The van der Waals surface area contributed by atoms with Gasteiger partial charge in [0.25, 0.3) is 0 Å². The van der Waals surface area contributed by atoms with Gasteiger partial charge in [0.15, 0.2) is 0 Å². The van der Waals surface area contributed by atoms with Gasteiger partial charge in [0.1, 0.15) is 0 Å². The summed E-state index contributed by atoms with van der Waals surface area (Å²) in [4.78, 5) is 0. The summed E-state index contributed by atoms with van der Waals surface area (Å²) in [7, 11) is 0. The maximum atomic E-state index is 2.43. The molecule has 23 heavy (non-hydrogen) atoms. The van der Waals surface area contributed by atoms with Crippen LogP contribution >= 0.6 is 0 Å². The van der Waals surface area contributed by atoms with Crippen molar-refractivity contribution < 1.29 is 0 Å². The summed E-state index contributed by atoms with van der Waals surface area (Å²) in [5.74, 6) is 1.23. The maximum absolute atomic E-state index is 2.43. The highest BCUT2D eigenvalue weighted by Crippen LogP contribution is 2.43. The van der Waals surface area contributed by atoms with E-state index in [4.69, 9.17) is 0 Å². The molecule has 0 radical (unpaired) electrons. The van der Waals surface area contributed by atoms with E-state index in [0.29, 0.717) is 11.8 Å². The van der Waals surface area contributed by atoms with Crippen molar-refractivity contribution in [2.75, 3.05) is 0 Å². The van der Waals surface area contributed by atoms with Crippen LogP contribution in [0.1, 0.15) is 54.9 Å². The molecule has 2 aromatic rings. The van der Waals surface area contributed by atoms with Gasteiger partial charge in [-0.25, -0.2) is 0 Å². The van der Waals surface area contributed by atoms with E-state index in [1.165, 1.54) is 35.1 Å². The van der Waals surface area contributed by atoms with Crippen LogP contribution in [0, 0.1) is 5.92 Å². The van der Waals surface area contributed by atoms with Gasteiger partial charge in [-0.3, -0.25) is 0 Å². The average molecular weight is 300 g/mol. The smallest absolute Gasteiger partial charge is 0.00630 e. The molecule has 1 atom stereocenters.